The molecule has 0 aliphatic carbocycles. The molecule has 0 aromatic heterocycles. The van der Waals surface area contributed by atoms with Gasteiger partial charge in [-0.3, -0.25) is 0 Å². The van der Waals surface area contributed by atoms with Gasteiger partial charge in [-0.1, -0.05) is 49.0 Å². The second-order valence-corrected chi connectivity index (χ2v) is 5.09. The highest BCUT2D eigenvalue weighted by atomic mass is 15.1. The summed E-state index contributed by atoms with van der Waals surface area (Å²) in [6.45, 7) is 6.61. The van der Waals surface area contributed by atoms with Gasteiger partial charge in [0, 0.05) is 18.8 Å². The molecule has 1 aliphatic heterocycles. The van der Waals surface area contributed by atoms with Crippen molar-refractivity contribution in [2.24, 2.45) is 0 Å². The SMILES string of the molecule is C=C(c1ccccc1)c1cccc(N2CCCC2)c1. The molecule has 0 saturated carbocycles. The van der Waals surface area contributed by atoms with Gasteiger partial charge in [0.2, 0.25) is 0 Å². The highest BCUT2D eigenvalue weighted by molar-refractivity contribution is 5.79. The summed E-state index contributed by atoms with van der Waals surface area (Å²) in [6.07, 6.45) is 2.62. The maximum Gasteiger partial charge on any atom is 0.0372 e. The molecule has 96 valence electrons. The molecule has 1 heteroatoms. The third-order valence-corrected chi connectivity index (χ3v) is 3.79. The lowest BCUT2D eigenvalue weighted by Crippen LogP contribution is -2.17. The molecular formula is C18H19N. The molecule has 0 amide bonds. The first-order chi connectivity index (χ1) is 9.34. The number of rotatable bonds is 3. The van der Waals surface area contributed by atoms with E-state index < -0.39 is 0 Å². The fourth-order valence-corrected chi connectivity index (χ4v) is 2.67. The molecule has 3 rings (SSSR count). The Morgan fingerprint density at radius 2 is 1.53 bits per heavy atom. The minimum absolute atomic E-state index is 1.10. The van der Waals surface area contributed by atoms with Crippen molar-refractivity contribution in [1.29, 1.82) is 0 Å². The van der Waals surface area contributed by atoms with Crippen molar-refractivity contribution in [3.05, 3.63) is 72.3 Å². The number of hydrogen-bond acceptors (Lipinski definition) is 1. The predicted molar refractivity (Wildman–Crippen MR) is 82.5 cm³/mol. The van der Waals surface area contributed by atoms with Gasteiger partial charge in [-0.15, -0.1) is 0 Å². The fraction of sp³-hybridized carbons (Fsp3) is 0.222. The van der Waals surface area contributed by atoms with Gasteiger partial charge in [0.05, 0.1) is 0 Å². The first kappa shape index (κ1) is 12.0. The molecule has 0 spiro atoms. The predicted octanol–water partition coefficient (Wildman–Crippen LogP) is 4.35. The maximum atomic E-state index is 4.24. The van der Waals surface area contributed by atoms with Gasteiger partial charge in [-0.25, -0.2) is 0 Å². The molecule has 0 radical (unpaired) electrons. The van der Waals surface area contributed by atoms with E-state index in [-0.39, 0.29) is 0 Å². The van der Waals surface area contributed by atoms with Crippen LogP contribution in [0.25, 0.3) is 5.57 Å². The largest absolute Gasteiger partial charge is 0.372 e. The number of nitrogens with zero attached hydrogens (tertiary/aromatic N) is 1. The second-order valence-electron chi connectivity index (χ2n) is 5.09. The summed E-state index contributed by atoms with van der Waals surface area (Å²) in [5.41, 5.74) is 4.84. The summed E-state index contributed by atoms with van der Waals surface area (Å²) in [7, 11) is 0. The van der Waals surface area contributed by atoms with Crippen molar-refractivity contribution >= 4 is 11.3 Å². The van der Waals surface area contributed by atoms with E-state index in [9.17, 15) is 0 Å². The second kappa shape index (κ2) is 5.31. The number of anilines is 1. The summed E-state index contributed by atoms with van der Waals surface area (Å²) >= 11 is 0. The first-order valence-corrected chi connectivity index (χ1v) is 6.94. The molecule has 2 aromatic carbocycles. The average molecular weight is 249 g/mol. The molecule has 1 fully saturated rings. The van der Waals surface area contributed by atoms with E-state index in [2.05, 4.69) is 60.0 Å². The molecule has 19 heavy (non-hydrogen) atoms. The summed E-state index contributed by atoms with van der Waals surface area (Å²) in [5.74, 6) is 0. The quantitative estimate of drug-likeness (QED) is 0.781. The van der Waals surface area contributed by atoms with Gasteiger partial charge >= 0.3 is 0 Å². The first-order valence-electron chi connectivity index (χ1n) is 6.94. The third-order valence-electron chi connectivity index (χ3n) is 3.79. The Morgan fingerprint density at radius 3 is 2.26 bits per heavy atom. The van der Waals surface area contributed by atoms with E-state index in [1.54, 1.807) is 0 Å². The molecule has 0 unspecified atom stereocenters. The van der Waals surface area contributed by atoms with Gasteiger partial charge in [0.1, 0.15) is 0 Å². The Morgan fingerprint density at radius 1 is 0.842 bits per heavy atom. The van der Waals surface area contributed by atoms with Crippen LogP contribution in [0.15, 0.2) is 61.2 Å². The summed E-state index contributed by atoms with van der Waals surface area (Å²) < 4.78 is 0. The maximum absolute atomic E-state index is 4.24. The zero-order valence-corrected chi connectivity index (χ0v) is 11.2. The van der Waals surface area contributed by atoms with Crippen LogP contribution < -0.4 is 4.90 Å². The Bertz CT molecular complexity index is 565. The molecule has 1 saturated heterocycles. The Hall–Kier alpha value is -2.02. The highest BCUT2D eigenvalue weighted by Crippen LogP contribution is 2.27. The molecule has 0 bridgehead atoms. The van der Waals surface area contributed by atoms with Crippen LogP contribution in [0.2, 0.25) is 0 Å². The summed E-state index contributed by atoms with van der Waals surface area (Å²) in [6, 6.07) is 19.1. The average Bonchev–Trinajstić information content (AvgIpc) is 3.02. The topological polar surface area (TPSA) is 3.24 Å². The lowest BCUT2D eigenvalue weighted by Gasteiger charge is -2.18. The highest BCUT2D eigenvalue weighted by Gasteiger charge is 2.13. The lowest BCUT2D eigenvalue weighted by molar-refractivity contribution is 0.949. The van der Waals surface area contributed by atoms with Gasteiger partial charge in [0.15, 0.2) is 0 Å². The Labute approximate surface area is 115 Å². The van der Waals surface area contributed by atoms with Crippen molar-refractivity contribution in [3.63, 3.8) is 0 Å². The van der Waals surface area contributed by atoms with Crippen LogP contribution in [0.4, 0.5) is 5.69 Å². The fourth-order valence-electron chi connectivity index (χ4n) is 2.67. The van der Waals surface area contributed by atoms with Gasteiger partial charge in [-0.2, -0.15) is 0 Å². The summed E-state index contributed by atoms with van der Waals surface area (Å²) in [5, 5.41) is 0. The minimum atomic E-state index is 1.10. The number of benzene rings is 2. The molecule has 2 aromatic rings. The van der Waals surface area contributed by atoms with Crippen LogP contribution in [-0.2, 0) is 0 Å². The zero-order chi connectivity index (χ0) is 13.1. The minimum Gasteiger partial charge on any atom is -0.372 e. The normalized spacial score (nSPS) is 14.6. The van der Waals surface area contributed by atoms with Crippen molar-refractivity contribution in [3.8, 4) is 0 Å². The molecule has 1 nitrogen and oxygen atoms in total. The van der Waals surface area contributed by atoms with Crippen LogP contribution >= 0.6 is 0 Å². The van der Waals surface area contributed by atoms with Crippen LogP contribution in [-0.4, -0.2) is 13.1 Å². The Kier molecular flexibility index (Phi) is 3.37. The van der Waals surface area contributed by atoms with E-state index >= 15 is 0 Å². The lowest BCUT2D eigenvalue weighted by atomic mass is 9.99. The third kappa shape index (κ3) is 2.55. The monoisotopic (exact) mass is 249 g/mol. The van der Waals surface area contributed by atoms with E-state index in [1.165, 1.54) is 42.7 Å². The smallest absolute Gasteiger partial charge is 0.0372 e. The van der Waals surface area contributed by atoms with E-state index in [4.69, 9.17) is 0 Å². The van der Waals surface area contributed by atoms with Crippen LogP contribution in [0, 0.1) is 0 Å². The number of hydrogen-bond donors (Lipinski definition) is 0. The van der Waals surface area contributed by atoms with Gasteiger partial charge in [-0.05, 0) is 41.7 Å². The van der Waals surface area contributed by atoms with Crippen LogP contribution in [0.3, 0.4) is 0 Å². The van der Waals surface area contributed by atoms with Crippen molar-refractivity contribution in [1.82, 2.24) is 0 Å². The Balaban J connectivity index is 1.89. The van der Waals surface area contributed by atoms with Gasteiger partial charge < -0.3 is 4.90 Å². The summed E-state index contributed by atoms with van der Waals surface area (Å²) in [4.78, 5) is 2.46. The van der Waals surface area contributed by atoms with E-state index in [1.807, 2.05) is 6.07 Å². The van der Waals surface area contributed by atoms with Crippen molar-refractivity contribution in [2.75, 3.05) is 18.0 Å². The van der Waals surface area contributed by atoms with Crippen LogP contribution in [0.1, 0.15) is 24.0 Å². The van der Waals surface area contributed by atoms with Gasteiger partial charge in [0.25, 0.3) is 0 Å². The van der Waals surface area contributed by atoms with Crippen molar-refractivity contribution in [2.45, 2.75) is 12.8 Å². The molecule has 0 N–H and O–H groups in total. The standard InChI is InChI=1S/C18H19N/c1-15(16-8-3-2-4-9-16)17-10-7-11-18(14-17)19-12-5-6-13-19/h2-4,7-11,14H,1,5-6,12-13H2. The van der Waals surface area contributed by atoms with Crippen LogP contribution in [0.5, 0.6) is 0 Å². The molecule has 1 heterocycles. The van der Waals surface area contributed by atoms with Crippen molar-refractivity contribution < 1.29 is 0 Å². The zero-order valence-electron chi connectivity index (χ0n) is 11.2. The van der Waals surface area contributed by atoms with E-state index in [0.717, 1.165) is 5.57 Å². The molecular weight excluding hydrogens is 230 g/mol. The van der Waals surface area contributed by atoms with E-state index in [0.29, 0.717) is 0 Å². The molecule has 0 atom stereocenters. The molecule has 1 aliphatic rings.